The van der Waals surface area contributed by atoms with E-state index in [1.807, 2.05) is 0 Å². The van der Waals surface area contributed by atoms with Crippen LogP contribution in [0.4, 0.5) is 0 Å². The summed E-state index contributed by atoms with van der Waals surface area (Å²) in [6.45, 7) is 4.65. The SMILES string of the molecule is CC(C)CC1=C(COc2ccc(OCC(=O)O)c(Cl)c2)CCC1. The van der Waals surface area contributed by atoms with Crippen LogP contribution in [0.2, 0.25) is 5.02 Å². The standard InChI is InChI=1S/C18H23ClO4/c1-12(2)8-13-4-3-5-14(13)10-22-15-6-7-17(16(19)9-15)23-11-18(20)21/h6-7,9,12H,3-5,8,10-11H2,1-2H3,(H,20,21). The van der Waals surface area contributed by atoms with E-state index in [1.165, 1.54) is 24.0 Å². The normalized spacial score (nSPS) is 14.4. The summed E-state index contributed by atoms with van der Waals surface area (Å²) in [4.78, 5) is 10.5. The third-order valence-corrected chi connectivity index (χ3v) is 4.07. The molecule has 1 aromatic rings. The van der Waals surface area contributed by atoms with Crippen molar-refractivity contribution in [1.29, 1.82) is 0 Å². The molecule has 0 atom stereocenters. The van der Waals surface area contributed by atoms with Crippen molar-refractivity contribution in [3.05, 3.63) is 34.4 Å². The number of ether oxygens (including phenoxy) is 2. The van der Waals surface area contributed by atoms with Crippen LogP contribution in [-0.4, -0.2) is 24.3 Å². The maximum atomic E-state index is 10.5. The number of allylic oxidation sites excluding steroid dienone is 1. The van der Waals surface area contributed by atoms with E-state index in [-0.39, 0.29) is 0 Å². The van der Waals surface area contributed by atoms with Crippen LogP contribution in [0.15, 0.2) is 29.3 Å². The molecule has 0 aliphatic heterocycles. The van der Waals surface area contributed by atoms with Gasteiger partial charge in [0.05, 0.1) is 5.02 Å². The van der Waals surface area contributed by atoms with Gasteiger partial charge in [0.15, 0.2) is 6.61 Å². The molecule has 0 aromatic heterocycles. The molecule has 0 spiro atoms. The lowest BCUT2D eigenvalue weighted by atomic mass is 10.0. The van der Waals surface area contributed by atoms with Gasteiger partial charge >= 0.3 is 5.97 Å². The topological polar surface area (TPSA) is 55.8 Å². The average molecular weight is 339 g/mol. The lowest BCUT2D eigenvalue weighted by Gasteiger charge is -2.12. The molecule has 5 heteroatoms. The molecule has 0 saturated heterocycles. The third-order valence-electron chi connectivity index (χ3n) is 3.78. The van der Waals surface area contributed by atoms with Crippen molar-refractivity contribution < 1.29 is 19.4 Å². The van der Waals surface area contributed by atoms with Crippen molar-refractivity contribution in [2.75, 3.05) is 13.2 Å². The molecular formula is C18H23ClO4. The largest absolute Gasteiger partial charge is 0.489 e. The van der Waals surface area contributed by atoms with E-state index in [0.29, 0.717) is 29.0 Å². The van der Waals surface area contributed by atoms with E-state index < -0.39 is 12.6 Å². The smallest absolute Gasteiger partial charge is 0.341 e. The van der Waals surface area contributed by atoms with Crippen molar-refractivity contribution in [2.24, 2.45) is 5.92 Å². The van der Waals surface area contributed by atoms with Gasteiger partial charge in [-0.2, -0.15) is 0 Å². The molecule has 1 aliphatic rings. The van der Waals surface area contributed by atoms with Crippen LogP contribution in [-0.2, 0) is 4.79 Å². The zero-order valence-corrected chi connectivity index (χ0v) is 14.4. The number of halogens is 1. The van der Waals surface area contributed by atoms with Crippen molar-refractivity contribution in [3.8, 4) is 11.5 Å². The van der Waals surface area contributed by atoms with Crippen molar-refractivity contribution in [1.82, 2.24) is 0 Å². The van der Waals surface area contributed by atoms with Crippen LogP contribution in [0.5, 0.6) is 11.5 Å². The first-order valence-electron chi connectivity index (χ1n) is 7.92. The Labute approximate surface area is 142 Å². The number of carboxylic acid groups (broad SMARTS) is 1. The number of hydrogen-bond donors (Lipinski definition) is 1. The summed E-state index contributed by atoms with van der Waals surface area (Å²) in [6.07, 6.45) is 4.64. The van der Waals surface area contributed by atoms with Crippen molar-refractivity contribution in [2.45, 2.75) is 39.5 Å². The molecule has 0 unspecified atom stereocenters. The van der Waals surface area contributed by atoms with E-state index in [0.717, 1.165) is 12.8 Å². The minimum absolute atomic E-state index is 0.349. The molecule has 126 valence electrons. The number of benzene rings is 1. The molecule has 0 heterocycles. The molecule has 0 radical (unpaired) electrons. The molecule has 0 saturated carbocycles. The van der Waals surface area contributed by atoms with Gasteiger partial charge in [0.1, 0.15) is 18.1 Å². The Hall–Kier alpha value is -1.68. The number of carboxylic acids is 1. The van der Waals surface area contributed by atoms with Crippen molar-refractivity contribution in [3.63, 3.8) is 0 Å². The second-order valence-corrected chi connectivity index (χ2v) is 6.63. The predicted octanol–water partition coefficient (Wildman–Crippen LogP) is 4.71. The summed E-state index contributed by atoms with van der Waals surface area (Å²) in [5, 5.41) is 8.97. The lowest BCUT2D eigenvalue weighted by Crippen LogP contribution is -2.09. The van der Waals surface area contributed by atoms with E-state index >= 15 is 0 Å². The van der Waals surface area contributed by atoms with Gasteiger partial charge in [-0.05, 0) is 49.3 Å². The van der Waals surface area contributed by atoms with Crippen LogP contribution < -0.4 is 9.47 Å². The second kappa shape index (κ2) is 8.25. The Morgan fingerprint density at radius 1 is 1.26 bits per heavy atom. The average Bonchev–Trinajstić information content (AvgIpc) is 2.90. The summed E-state index contributed by atoms with van der Waals surface area (Å²) in [7, 11) is 0. The van der Waals surface area contributed by atoms with Crippen LogP contribution in [0.3, 0.4) is 0 Å². The summed E-state index contributed by atoms with van der Waals surface area (Å²) in [5.41, 5.74) is 2.94. The Morgan fingerprint density at radius 3 is 2.65 bits per heavy atom. The summed E-state index contributed by atoms with van der Waals surface area (Å²) >= 11 is 6.10. The predicted molar refractivity (Wildman–Crippen MR) is 90.4 cm³/mol. The lowest BCUT2D eigenvalue weighted by molar-refractivity contribution is -0.139. The zero-order valence-electron chi connectivity index (χ0n) is 13.6. The maximum absolute atomic E-state index is 10.5. The Kier molecular flexibility index (Phi) is 6.34. The molecule has 0 fully saturated rings. The summed E-state index contributed by atoms with van der Waals surface area (Å²) in [5.74, 6) is 0.647. The van der Waals surface area contributed by atoms with Gasteiger partial charge < -0.3 is 14.6 Å². The van der Waals surface area contributed by atoms with Crippen LogP contribution in [0.1, 0.15) is 39.5 Å². The van der Waals surface area contributed by atoms with Gasteiger partial charge in [-0.3, -0.25) is 0 Å². The summed E-state index contributed by atoms with van der Waals surface area (Å²) < 4.78 is 10.9. The fourth-order valence-corrected chi connectivity index (χ4v) is 3.01. The number of aliphatic carboxylic acids is 1. The highest BCUT2D eigenvalue weighted by Crippen LogP contribution is 2.32. The van der Waals surface area contributed by atoms with Gasteiger partial charge in [0.25, 0.3) is 0 Å². The zero-order chi connectivity index (χ0) is 16.8. The molecule has 4 nitrogen and oxygen atoms in total. The van der Waals surface area contributed by atoms with Crippen LogP contribution >= 0.6 is 11.6 Å². The van der Waals surface area contributed by atoms with Gasteiger partial charge in [-0.25, -0.2) is 4.79 Å². The fourth-order valence-electron chi connectivity index (χ4n) is 2.78. The molecule has 23 heavy (non-hydrogen) atoms. The Bertz CT molecular complexity index is 593. The van der Waals surface area contributed by atoms with E-state index in [1.54, 1.807) is 18.2 Å². The highest BCUT2D eigenvalue weighted by molar-refractivity contribution is 6.32. The number of hydrogen-bond acceptors (Lipinski definition) is 3. The fraction of sp³-hybridized carbons (Fsp3) is 0.500. The van der Waals surface area contributed by atoms with Gasteiger partial charge in [0, 0.05) is 6.07 Å². The first kappa shape index (κ1) is 17.7. The summed E-state index contributed by atoms with van der Waals surface area (Å²) in [6, 6.07) is 5.05. The highest BCUT2D eigenvalue weighted by Gasteiger charge is 2.16. The van der Waals surface area contributed by atoms with Gasteiger partial charge in [0.2, 0.25) is 0 Å². The molecule has 0 bridgehead atoms. The Morgan fingerprint density at radius 2 is 2.00 bits per heavy atom. The minimum Gasteiger partial charge on any atom is -0.489 e. The first-order valence-corrected chi connectivity index (χ1v) is 8.30. The molecule has 0 amide bonds. The van der Waals surface area contributed by atoms with Crippen molar-refractivity contribution >= 4 is 17.6 Å². The van der Waals surface area contributed by atoms with Crippen LogP contribution in [0.25, 0.3) is 0 Å². The van der Waals surface area contributed by atoms with E-state index in [2.05, 4.69) is 13.8 Å². The quantitative estimate of drug-likeness (QED) is 0.697. The van der Waals surface area contributed by atoms with E-state index in [4.69, 9.17) is 26.2 Å². The number of carbonyl (C=O) groups is 1. The van der Waals surface area contributed by atoms with E-state index in [9.17, 15) is 4.79 Å². The number of rotatable bonds is 8. The molecule has 2 rings (SSSR count). The first-order chi connectivity index (χ1) is 11.0. The highest BCUT2D eigenvalue weighted by atomic mass is 35.5. The molecule has 1 aliphatic carbocycles. The third kappa shape index (κ3) is 5.47. The second-order valence-electron chi connectivity index (χ2n) is 6.22. The maximum Gasteiger partial charge on any atom is 0.341 e. The Balaban J connectivity index is 1.95. The van der Waals surface area contributed by atoms with Gasteiger partial charge in [-0.1, -0.05) is 31.0 Å². The molecular weight excluding hydrogens is 316 g/mol. The minimum atomic E-state index is -1.03. The monoisotopic (exact) mass is 338 g/mol. The molecule has 1 N–H and O–H groups in total. The molecule has 1 aromatic carbocycles. The van der Waals surface area contributed by atoms with Gasteiger partial charge in [-0.15, -0.1) is 0 Å². The van der Waals surface area contributed by atoms with Crippen LogP contribution in [0, 0.1) is 5.92 Å².